The Hall–Kier alpha value is -2.80. The van der Waals surface area contributed by atoms with E-state index in [0.29, 0.717) is 36.4 Å². The molecule has 0 radical (unpaired) electrons. The molecule has 0 aliphatic rings. The normalized spacial score (nSPS) is 11.7. The highest BCUT2D eigenvalue weighted by Crippen LogP contribution is 2.29. The van der Waals surface area contributed by atoms with E-state index in [9.17, 15) is 18.0 Å². The van der Waals surface area contributed by atoms with Gasteiger partial charge in [0.25, 0.3) is 0 Å². The summed E-state index contributed by atoms with van der Waals surface area (Å²) in [5, 5.41) is 7.02. The fourth-order valence-corrected chi connectivity index (χ4v) is 2.98. The van der Waals surface area contributed by atoms with Gasteiger partial charge in [-0.3, -0.25) is 4.79 Å². The maximum atomic E-state index is 12.7. The van der Waals surface area contributed by atoms with Crippen molar-refractivity contribution < 1.29 is 13.2 Å². The summed E-state index contributed by atoms with van der Waals surface area (Å²) in [6.45, 7) is 1.79. The molecule has 0 unspecified atom stereocenters. The van der Waals surface area contributed by atoms with Crippen molar-refractivity contribution >= 4 is 16.7 Å². The van der Waals surface area contributed by atoms with Gasteiger partial charge in [-0.15, -0.1) is 0 Å². The molecule has 0 amide bonds. The Morgan fingerprint density at radius 3 is 2.54 bits per heavy atom. The van der Waals surface area contributed by atoms with Gasteiger partial charge in [-0.25, -0.2) is 0 Å². The number of anilines is 1. The second-order valence-corrected chi connectivity index (χ2v) is 6.60. The molecule has 0 spiro atoms. The van der Waals surface area contributed by atoms with E-state index in [2.05, 4.69) is 15.6 Å². The summed E-state index contributed by atoms with van der Waals surface area (Å²) < 4.78 is 38.1. The average Bonchev–Trinajstić information content (AvgIpc) is 2.67. The molecule has 1 heterocycles. The molecule has 4 nitrogen and oxygen atoms in total. The van der Waals surface area contributed by atoms with Crippen molar-refractivity contribution in [1.82, 2.24) is 10.3 Å². The Balaban J connectivity index is 1.38. The third-order valence-corrected chi connectivity index (χ3v) is 4.42. The lowest BCUT2D eigenvalue weighted by molar-refractivity contribution is -0.137. The number of hydrogen-bond acceptors (Lipinski definition) is 3. The number of benzene rings is 2. The number of unbranched alkanes of at least 4 members (excludes halogenated alkanes) is 1. The van der Waals surface area contributed by atoms with E-state index in [-0.39, 0.29) is 5.43 Å². The van der Waals surface area contributed by atoms with Crippen LogP contribution >= 0.6 is 0 Å². The SMILES string of the molecule is O=c1cc(NCCCCNCc2cccc(C(F)(F)F)c2)[nH]c2ccccc12. The molecule has 3 rings (SSSR count). The molecular weight excluding hydrogens is 367 g/mol. The number of rotatable bonds is 8. The Bertz CT molecular complexity index is 982. The molecule has 0 aliphatic heterocycles. The minimum Gasteiger partial charge on any atom is -0.372 e. The second-order valence-electron chi connectivity index (χ2n) is 6.60. The Morgan fingerprint density at radius 1 is 0.929 bits per heavy atom. The van der Waals surface area contributed by atoms with Crippen LogP contribution in [0.15, 0.2) is 59.4 Å². The number of halogens is 3. The van der Waals surface area contributed by atoms with Crippen LogP contribution in [0.5, 0.6) is 0 Å². The molecule has 0 saturated carbocycles. The summed E-state index contributed by atoms with van der Waals surface area (Å²) in [6.07, 6.45) is -2.58. The van der Waals surface area contributed by atoms with Crippen LogP contribution in [-0.4, -0.2) is 18.1 Å². The van der Waals surface area contributed by atoms with Crippen molar-refractivity contribution in [3.05, 3.63) is 75.9 Å². The van der Waals surface area contributed by atoms with Gasteiger partial charge in [0.05, 0.1) is 11.1 Å². The smallest absolute Gasteiger partial charge is 0.372 e. The van der Waals surface area contributed by atoms with Gasteiger partial charge in [0.15, 0.2) is 5.43 Å². The average molecular weight is 389 g/mol. The molecule has 3 N–H and O–H groups in total. The monoisotopic (exact) mass is 389 g/mol. The van der Waals surface area contributed by atoms with Crippen LogP contribution in [0.25, 0.3) is 10.9 Å². The first-order valence-corrected chi connectivity index (χ1v) is 9.16. The van der Waals surface area contributed by atoms with Crippen molar-refractivity contribution in [2.75, 3.05) is 18.4 Å². The minimum atomic E-state index is -4.31. The van der Waals surface area contributed by atoms with E-state index < -0.39 is 11.7 Å². The number of H-pyrrole nitrogens is 1. The standard InChI is InChI=1S/C21H22F3N3O/c22-21(23,24)16-7-5-6-15(12-16)14-25-10-3-4-11-26-20-13-19(28)17-8-1-2-9-18(17)27-20/h1-2,5-9,12-13,25H,3-4,10-11,14H2,(H2,26,27,28). The van der Waals surface area contributed by atoms with Crippen LogP contribution in [-0.2, 0) is 12.7 Å². The maximum Gasteiger partial charge on any atom is 0.416 e. The van der Waals surface area contributed by atoms with E-state index in [0.717, 1.165) is 24.4 Å². The van der Waals surface area contributed by atoms with Crippen LogP contribution in [0, 0.1) is 0 Å². The highest BCUT2D eigenvalue weighted by atomic mass is 19.4. The number of nitrogens with one attached hydrogen (secondary N) is 3. The fraction of sp³-hybridized carbons (Fsp3) is 0.286. The van der Waals surface area contributed by atoms with E-state index in [4.69, 9.17) is 0 Å². The number of fused-ring (bicyclic) bond motifs is 1. The molecule has 0 fully saturated rings. The molecular formula is C21H22F3N3O. The van der Waals surface area contributed by atoms with E-state index in [1.54, 1.807) is 18.2 Å². The van der Waals surface area contributed by atoms with E-state index in [1.807, 2.05) is 18.2 Å². The summed E-state index contributed by atoms with van der Waals surface area (Å²) in [4.78, 5) is 15.2. The van der Waals surface area contributed by atoms with Gasteiger partial charge < -0.3 is 15.6 Å². The topological polar surface area (TPSA) is 56.9 Å². The first kappa shape index (κ1) is 19.9. The number of aromatic nitrogens is 1. The summed E-state index contributed by atoms with van der Waals surface area (Å²) >= 11 is 0. The third kappa shape index (κ3) is 5.36. The molecule has 1 aromatic heterocycles. The van der Waals surface area contributed by atoms with Gasteiger partial charge in [-0.2, -0.15) is 13.2 Å². The van der Waals surface area contributed by atoms with Crippen molar-refractivity contribution in [3.63, 3.8) is 0 Å². The predicted molar refractivity (Wildman–Crippen MR) is 105 cm³/mol. The molecule has 3 aromatic rings. The van der Waals surface area contributed by atoms with Crippen LogP contribution in [0.3, 0.4) is 0 Å². The lowest BCUT2D eigenvalue weighted by atomic mass is 10.1. The quantitative estimate of drug-likeness (QED) is 0.496. The molecule has 0 bridgehead atoms. The number of para-hydroxylation sites is 1. The maximum absolute atomic E-state index is 12.7. The van der Waals surface area contributed by atoms with Gasteiger partial charge in [-0.05, 0) is 43.1 Å². The number of alkyl halides is 3. The number of aromatic amines is 1. The van der Waals surface area contributed by atoms with E-state index in [1.165, 1.54) is 12.1 Å². The summed E-state index contributed by atoms with van der Waals surface area (Å²) in [6, 6.07) is 14.3. The fourth-order valence-electron chi connectivity index (χ4n) is 2.98. The number of pyridine rings is 1. The van der Waals surface area contributed by atoms with Gasteiger partial charge in [0, 0.05) is 24.5 Å². The van der Waals surface area contributed by atoms with Gasteiger partial charge >= 0.3 is 6.18 Å². The lowest BCUT2D eigenvalue weighted by Gasteiger charge is -2.10. The Labute approximate surface area is 160 Å². The van der Waals surface area contributed by atoms with Crippen LogP contribution in [0.1, 0.15) is 24.0 Å². The zero-order valence-corrected chi connectivity index (χ0v) is 15.3. The largest absolute Gasteiger partial charge is 0.416 e. The highest BCUT2D eigenvalue weighted by Gasteiger charge is 2.30. The molecule has 2 aromatic carbocycles. The summed E-state index contributed by atoms with van der Waals surface area (Å²) in [7, 11) is 0. The minimum absolute atomic E-state index is 0.0281. The van der Waals surface area contributed by atoms with Gasteiger partial charge in [0.1, 0.15) is 5.82 Å². The van der Waals surface area contributed by atoms with Crippen molar-refractivity contribution in [3.8, 4) is 0 Å². The Kier molecular flexibility index (Phi) is 6.36. The lowest BCUT2D eigenvalue weighted by Crippen LogP contribution is -2.16. The van der Waals surface area contributed by atoms with Crippen LogP contribution in [0.4, 0.5) is 19.0 Å². The Morgan fingerprint density at radius 2 is 1.71 bits per heavy atom. The number of hydrogen-bond donors (Lipinski definition) is 3. The second kappa shape index (κ2) is 8.93. The highest BCUT2D eigenvalue weighted by molar-refractivity contribution is 5.79. The molecule has 0 atom stereocenters. The van der Waals surface area contributed by atoms with Crippen molar-refractivity contribution in [1.29, 1.82) is 0 Å². The van der Waals surface area contributed by atoms with Crippen molar-refractivity contribution in [2.45, 2.75) is 25.6 Å². The van der Waals surface area contributed by atoms with Gasteiger partial charge in [0.2, 0.25) is 0 Å². The molecule has 0 aliphatic carbocycles. The molecule has 148 valence electrons. The van der Waals surface area contributed by atoms with E-state index >= 15 is 0 Å². The van der Waals surface area contributed by atoms with Crippen LogP contribution in [0.2, 0.25) is 0 Å². The summed E-state index contributed by atoms with van der Waals surface area (Å²) in [5.41, 5.74) is 0.752. The third-order valence-electron chi connectivity index (χ3n) is 4.42. The molecule has 28 heavy (non-hydrogen) atoms. The molecule has 0 saturated heterocycles. The first-order valence-electron chi connectivity index (χ1n) is 9.16. The van der Waals surface area contributed by atoms with Crippen molar-refractivity contribution in [2.24, 2.45) is 0 Å². The zero-order chi connectivity index (χ0) is 20.0. The zero-order valence-electron chi connectivity index (χ0n) is 15.3. The van der Waals surface area contributed by atoms with Gasteiger partial charge in [-0.1, -0.05) is 30.3 Å². The van der Waals surface area contributed by atoms with Crippen LogP contribution < -0.4 is 16.1 Å². The summed E-state index contributed by atoms with van der Waals surface area (Å²) in [5.74, 6) is 0.681. The predicted octanol–water partition coefficient (Wildman–Crippen LogP) is 4.53. The molecule has 7 heteroatoms. The first-order chi connectivity index (χ1) is 13.4.